The van der Waals surface area contributed by atoms with E-state index in [1.165, 1.54) is 0 Å². The maximum Gasteiger partial charge on any atom is 0.523 e. The average Bonchev–Trinajstić information content (AvgIpc) is 2.79. The van der Waals surface area contributed by atoms with Crippen LogP contribution in [-0.4, -0.2) is 26.5 Å². The van der Waals surface area contributed by atoms with Crippen LogP contribution in [0.25, 0.3) is 0 Å². The van der Waals surface area contributed by atoms with Gasteiger partial charge in [-0.3, -0.25) is 4.18 Å². The van der Waals surface area contributed by atoms with E-state index in [-0.39, 0.29) is 12.8 Å². The molecule has 1 rings (SSSR count). The summed E-state index contributed by atoms with van der Waals surface area (Å²) in [6, 6.07) is 0. The van der Waals surface area contributed by atoms with E-state index in [4.69, 9.17) is 0 Å². The Morgan fingerprint density at radius 1 is 1.20 bits per heavy atom. The molecule has 0 aromatic rings. The van der Waals surface area contributed by atoms with Gasteiger partial charge in [-0.1, -0.05) is 0 Å². The van der Waals surface area contributed by atoms with E-state index in [0.29, 0.717) is 0 Å². The first-order chi connectivity index (χ1) is 6.65. The Kier molecular flexibility index (Phi) is 3.24. The van der Waals surface area contributed by atoms with Crippen LogP contribution < -0.4 is 0 Å². The van der Waals surface area contributed by atoms with Crippen LogP contribution in [0.4, 0.5) is 22.0 Å². The molecular formula is C6H7F5O3S. The van der Waals surface area contributed by atoms with Crippen LogP contribution in [0.3, 0.4) is 0 Å². The first kappa shape index (κ1) is 12.6. The van der Waals surface area contributed by atoms with Crippen molar-refractivity contribution < 1.29 is 34.6 Å². The van der Waals surface area contributed by atoms with Crippen molar-refractivity contribution in [3.8, 4) is 0 Å². The van der Waals surface area contributed by atoms with Gasteiger partial charge >= 0.3 is 15.6 Å². The summed E-state index contributed by atoms with van der Waals surface area (Å²) in [6.07, 6.45) is -4.92. The predicted octanol–water partition coefficient (Wildman–Crippen LogP) is 1.90. The normalized spacial score (nSPS) is 20.7. The zero-order chi connectivity index (χ0) is 11.9. The van der Waals surface area contributed by atoms with Gasteiger partial charge in [-0.15, -0.1) is 0 Å². The Bertz CT molecular complexity index is 316. The van der Waals surface area contributed by atoms with Crippen LogP contribution in [0.2, 0.25) is 0 Å². The van der Waals surface area contributed by atoms with Crippen LogP contribution in [0.5, 0.6) is 0 Å². The van der Waals surface area contributed by atoms with Gasteiger partial charge in [-0.25, -0.2) is 8.78 Å². The second-order valence-electron chi connectivity index (χ2n) is 3.13. The van der Waals surface area contributed by atoms with Crippen LogP contribution in [-0.2, 0) is 14.3 Å². The zero-order valence-electron chi connectivity index (χ0n) is 7.17. The van der Waals surface area contributed by atoms with Crippen LogP contribution in [0, 0.1) is 5.92 Å². The average molecular weight is 254 g/mol. The molecule has 15 heavy (non-hydrogen) atoms. The van der Waals surface area contributed by atoms with E-state index in [0.717, 1.165) is 0 Å². The predicted molar refractivity (Wildman–Crippen MR) is 38.6 cm³/mol. The van der Waals surface area contributed by atoms with Gasteiger partial charge in [0.1, 0.15) is 6.10 Å². The Labute approximate surface area is 82.3 Å². The largest absolute Gasteiger partial charge is 0.523 e. The molecule has 1 unspecified atom stereocenters. The van der Waals surface area contributed by atoms with Gasteiger partial charge < -0.3 is 0 Å². The molecule has 1 atom stereocenters. The van der Waals surface area contributed by atoms with Gasteiger partial charge in [0.05, 0.1) is 0 Å². The molecule has 0 bridgehead atoms. The van der Waals surface area contributed by atoms with E-state index in [9.17, 15) is 30.4 Å². The van der Waals surface area contributed by atoms with Gasteiger partial charge in [-0.05, 0) is 18.8 Å². The fourth-order valence-electron chi connectivity index (χ4n) is 0.952. The van der Waals surface area contributed by atoms with E-state index in [2.05, 4.69) is 4.18 Å². The lowest BCUT2D eigenvalue weighted by molar-refractivity contribution is -0.0688. The summed E-state index contributed by atoms with van der Waals surface area (Å²) in [6.45, 7) is 0. The molecule has 90 valence electrons. The molecule has 0 saturated heterocycles. The molecule has 0 aliphatic heterocycles. The standard InChI is InChI=1S/C6H7F5O3S/c7-5(8)4(3-1-2-3)14-15(12,13)6(9,10)11/h3-5H,1-2H2. The molecule has 1 aliphatic carbocycles. The summed E-state index contributed by atoms with van der Waals surface area (Å²) in [5.74, 6) is -0.804. The number of halogens is 5. The van der Waals surface area contributed by atoms with Crippen molar-refractivity contribution in [2.75, 3.05) is 0 Å². The minimum atomic E-state index is -5.93. The molecule has 0 radical (unpaired) electrons. The molecule has 3 nitrogen and oxygen atoms in total. The molecule has 0 aromatic carbocycles. The Balaban J connectivity index is 2.74. The van der Waals surface area contributed by atoms with Crippen molar-refractivity contribution in [2.45, 2.75) is 30.9 Å². The molecule has 9 heteroatoms. The highest BCUT2D eigenvalue weighted by Crippen LogP contribution is 2.39. The van der Waals surface area contributed by atoms with Gasteiger partial charge in [0, 0.05) is 0 Å². The SMILES string of the molecule is O=S(=O)(OC(C(F)F)C1CC1)C(F)(F)F. The Morgan fingerprint density at radius 3 is 1.93 bits per heavy atom. The van der Waals surface area contributed by atoms with Gasteiger partial charge in [-0.2, -0.15) is 21.6 Å². The quantitative estimate of drug-likeness (QED) is 0.437. The molecule has 1 fully saturated rings. The van der Waals surface area contributed by atoms with Gasteiger partial charge in [0.15, 0.2) is 0 Å². The van der Waals surface area contributed by atoms with Crippen molar-refractivity contribution in [1.82, 2.24) is 0 Å². The molecule has 1 saturated carbocycles. The third-order valence-electron chi connectivity index (χ3n) is 1.86. The van der Waals surface area contributed by atoms with Crippen molar-refractivity contribution in [3.05, 3.63) is 0 Å². The fourth-order valence-corrected chi connectivity index (χ4v) is 1.59. The minimum absolute atomic E-state index is 0.252. The topological polar surface area (TPSA) is 43.4 Å². The molecule has 1 aliphatic rings. The summed E-state index contributed by atoms with van der Waals surface area (Å²) in [5, 5.41) is 0. The van der Waals surface area contributed by atoms with Crippen LogP contribution >= 0.6 is 0 Å². The minimum Gasteiger partial charge on any atom is -0.253 e. The summed E-state index contributed by atoms with van der Waals surface area (Å²) in [7, 11) is -5.93. The molecule has 0 N–H and O–H groups in total. The summed E-state index contributed by atoms with van der Waals surface area (Å²) in [4.78, 5) is 0. The van der Waals surface area contributed by atoms with Crippen molar-refractivity contribution in [1.29, 1.82) is 0 Å². The molecule has 0 aromatic heterocycles. The highest BCUT2D eigenvalue weighted by molar-refractivity contribution is 7.87. The van der Waals surface area contributed by atoms with Crippen molar-refractivity contribution in [2.24, 2.45) is 5.92 Å². The van der Waals surface area contributed by atoms with E-state index in [1.807, 2.05) is 0 Å². The highest BCUT2D eigenvalue weighted by Gasteiger charge is 2.52. The van der Waals surface area contributed by atoms with Crippen molar-refractivity contribution in [3.63, 3.8) is 0 Å². The van der Waals surface area contributed by atoms with Crippen LogP contribution in [0.15, 0.2) is 0 Å². The van der Waals surface area contributed by atoms with Crippen molar-refractivity contribution >= 4 is 10.1 Å². The zero-order valence-corrected chi connectivity index (χ0v) is 7.99. The second kappa shape index (κ2) is 3.85. The molecule has 0 amide bonds. The fraction of sp³-hybridized carbons (Fsp3) is 1.00. The molecular weight excluding hydrogens is 247 g/mol. The smallest absolute Gasteiger partial charge is 0.253 e. The van der Waals surface area contributed by atoms with Gasteiger partial charge in [0.2, 0.25) is 0 Å². The maximum atomic E-state index is 12.2. The summed E-state index contributed by atoms with van der Waals surface area (Å²) in [5.41, 5.74) is -5.66. The number of rotatable bonds is 4. The summed E-state index contributed by atoms with van der Waals surface area (Å²) < 4.78 is 84.0. The monoisotopic (exact) mass is 254 g/mol. The van der Waals surface area contributed by atoms with Gasteiger partial charge in [0.25, 0.3) is 6.43 Å². The number of hydrogen-bond acceptors (Lipinski definition) is 3. The lowest BCUT2D eigenvalue weighted by Crippen LogP contribution is -2.34. The molecule has 0 heterocycles. The first-order valence-corrected chi connectivity index (χ1v) is 5.33. The maximum absolute atomic E-state index is 12.2. The third kappa shape index (κ3) is 3.00. The van der Waals surface area contributed by atoms with E-state index in [1.54, 1.807) is 0 Å². The highest BCUT2D eigenvalue weighted by atomic mass is 32.2. The Hall–Kier alpha value is -0.440. The number of hydrogen-bond donors (Lipinski definition) is 0. The van der Waals surface area contributed by atoms with E-state index < -0.39 is 34.1 Å². The first-order valence-electron chi connectivity index (χ1n) is 3.93. The Morgan fingerprint density at radius 2 is 1.67 bits per heavy atom. The van der Waals surface area contributed by atoms with E-state index >= 15 is 0 Å². The lowest BCUT2D eigenvalue weighted by Gasteiger charge is -2.16. The third-order valence-corrected chi connectivity index (χ3v) is 2.90. The van der Waals surface area contributed by atoms with Crippen LogP contribution in [0.1, 0.15) is 12.8 Å². The summed E-state index contributed by atoms with van der Waals surface area (Å²) >= 11 is 0. The lowest BCUT2D eigenvalue weighted by atomic mass is 10.2. The number of alkyl halides is 5. The second-order valence-corrected chi connectivity index (χ2v) is 4.70. The molecule has 0 spiro atoms.